The maximum absolute atomic E-state index is 14.0. The fraction of sp³-hybridized carbons (Fsp3) is 0.500. The number of halogens is 1. The number of nitrogens with zero attached hydrogens (tertiary/aromatic N) is 2. The Morgan fingerprint density at radius 3 is 2.79 bits per heavy atom. The van der Waals surface area contributed by atoms with Crippen LogP contribution in [0.15, 0.2) is 18.2 Å². The molecule has 4 nitrogen and oxygen atoms in total. The Kier molecular flexibility index (Phi) is 4.50. The predicted molar refractivity (Wildman–Crippen MR) is 74.8 cm³/mol. The van der Waals surface area contributed by atoms with Gasteiger partial charge in [-0.15, -0.1) is 0 Å². The van der Waals surface area contributed by atoms with E-state index in [0.29, 0.717) is 17.7 Å². The summed E-state index contributed by atoms with van der Waals surface area (Å²) in [5, 5.41) is 7.30. The molecule has 0 bridgehead atoms. The summed E-state index contributed by atoms with van der Waals surface area (Å²) < 4.78 is 14.0. The van der Waals surface area contributed by atoms with Gasteiger partial charge in [0, 0.05) is 30.8 Å². The quantitative estimate of drug-likeness (QED) is 0.638. The normalized spacial score (nSPS) is 18.2. The summed E-state index contributed by atoms with van der Waals surface area (Å²) in [7, 11) is 2.12. The van der Waals surface area contributed by atoms with Crippen molar-refractivity contribution in [3.63, 3.8) is 0 Å². The minimum Gasteiger partial charge on any atom is -0.384 e. The molecule has 19 heavy (non-hydrogen) atoms. The lowest BCUT2D eigenvalue weighted by Gasteiger charge is -2.20. The fourth-order valence-electron chi connectivity index (χ4n) is 2.34. The third-order valence-electron chi connectivity index (χ3n) is 3.57. The number of nitrogen functional groups attached to an aromatic ring is 1. The highest BCUT2D eigenvalue weighted by Crippen LogP contribution is 2.14. The number of hydrogen-bond acceptors (Lipinski definition) is 3. The molecule has 0 unspecified atom stereocenters. The summed E-state index contributed by atoms with van der Waals surface area (Å²) >= 11 is 0. The molecule has 1 aliphatic heterocycles. The summed E-state index contributed by atoms with van der Waals surface area (Å²) in [5.41, 5.74) is 6.47. The number of hydrogen-bond donors (Lipinski definition) is 2. The summed E-state index contributed by atoms with van der Waals surface area (Å²) in [6, 6.07) is 4.80. The van der Waals surface area contributed by atoms with Gasteiger partial charge in [-0.05, 0) is 32.6 Å². The molecule has 0 aliphatic carbocycles. The Morgan fingerprint density at radius 1 is 1.32 bits per heavy atom. The van der Waals surface area contributed by atoms with Crippen LogP contribution in [0.2, 0.25) is 0 Å². The summed E-state index contributed by atoms with van der Waals surface area (Å²) in [6.07, 6.45) is 1.11. The van der Waals surface area contributed by atoms with Crippen LogP contribution in [0.1, 0.15) is 17.5 Å². The Labute approximate surface area is 113 Å². The van der Waals surface area contributed by atoms with Crippen molar-refractivity contribution in [3.8, 4) is 0 Å². The van der Waals surface area contributed by atoms with E-state index < -0.39 is 0 Å². The zero-order valence-corrected chi connectivity index (χ0v) is 11.3. The van der Waals surface area contributed by atoms with E-state index in [1.54, 1.807) is 12.1 Å². The Bertz CT molecular complexity index is 461. The van der Waals surface area contributed by atoms with Crippen LogP contribution in [-0.2, 0) is 6.54 Å². The van der Waals surface area contributed by atoms with Gasteiger partial charge in [0.05, 0.1) is 0 Å². The predicted octanol–water partition coefficient (Wildman–Crippen LogP) is 1.25. The molecule has 0 spiro atoms. The Morgan fingerprint density at radius 2 is 2.11 bits per heavy atom. The molecule has 1 saturated heterocycles. The molecule has 0 radical (unpaired) electrons. The van der Waals surface area contributed by atoms with Crippen LogP contribution < -0.4 is 5.73 Å². The molecular weight excluding hydrogens is 243 g/mol. The van der Waals surface area contributed by atoms with Crippen LogP contribution in [0.5, 0.6) is 0 Å². The van der Waals surface area contributed by atoms with Crippen LogP contribution in [-0.4, -0.2) is 48.9 Å². The molecule has 3 N–H and O–H groups in total. The molecule has 1 aliphatic rings. The number of nitrogens with two attached hydrogens (primary N) is 1. The lowest BCUT2D eigenvalue weighted by atomic mass is 10.1. The molecule has 1 aromatic rings. The highest BCUT2D eigenvalue weighted by molar-refractivity contribution is 5.94. The average Bonchev–Trinajstić information content (AvgIpc) is 2.57. The van der Waals surface area contributed by atoms with Gasteiger partial charge in [-0.2, -0.15) is 0 Å². The Balaban J connectivity index is 2.04. The van der Waals surface area contributed by atoms with Crippen molar-refractivity contribution in [2.45, 2.75) is 13.0 Å². The van der Waals surface area contributed by atoms with Gasteiger partial charge in [-0.3, -0.25) is 10.3 Å². The minimum atomic E-state index is -0.273. The molecule has 0 saturated carbocycles. The molecule has 0 aromatic heterocycles. The first-order valence-corrected chi connectivity index (χ1v) is 6.60. The van der Waals surface area contributed by atoms with E-state index in [0.717, 1.165) is 32.6 Å². The number of likely N-dealkylation sites (N-methyl/N-ethyl adjacent to an activating group) is 1. The molecule has 0 amide bonds. The van der Waals surface area contributed by atoms with Crippen LogP contribution in [0.25, 0.3) is 0 Å². The Hall–Kier alpha value is -1.46. The standard InChI is InChI=1S/C14H21FN4/c1-18-5-2-6-19(8-7-18)10-12-4-3-11(14(16)17)9-13(12)15/h3-4,9H,2,5-8,10H2,1H3,(H3,16,17). The van der Waals surface area contributed by atoms with E-state index in [1.165, 1.54) is 6.07 Å². The topological polar surface area (TPSA) is 56.4 Å². The van der Waals surface area contributed by atoms with E-state index >= 15 is 0 Å². The van der Waals surface area contributed by atoms with Gasteiger partial charge in [-0.25, -0.2) is 4.39 Å². The van der Waals surface area contributed by atoms with E-state index in [1.807, 2.05) is 0 Å². The highest BCUT2D eigenvalue weighted by atomic mass is 19.1. The largest absolute Gasteiger partial charge is 0.384 e. The van der Waals surface area contributed by atoms with E-state index in [-0.39, 0.29) is 11.7 Å². The van der Waals surface area contributed by atoms with Gasteiger partial charge in [0.15, 0.2) is 0 Å². The summed E-state index contributed by atoms with van der Waals surface area (Å²) in [5.74, 6) is -0.368. The van der Waals surface area contributed by atoms with E-state index in [2.05, 4.69) is 16.8 Å². The average molecular weight is 264 g/mol. The van der Waals surface area contributed by atoms with Crippen molar-refractivity contribution in [3.05, 3.63) is 35.1 Å². The van der Waals surface area contributed by atoms with Crippen molar-refractivity contribution in [2.24, 2.45) is 5.73 Å². The second-order valence-corrected chi connectivity index (χ2v) is 5.15. The van der Waals surface area contributed by atoms with Crippen molar-refractivity contribution < 1.29 is 4.39 Å². The first kappa shape index (κ1) is 14.0. The zero-order valence-electron chi connectivity index (χ0n) is 11.3. The highest BCUT2D eigenvalue weighted by Gasteiger charge is 2.14. The van der Waals surface area contributed by atoms with E-state index in [4.69, 9.17) is 11.1 Å². The molecule has 0 atom stereocenters. The number of amidine groups is 1. The van der Waals surface area contributed by atoms with Crippen LogP contribution in [0, 0.1) is 11.2 Å². The molecule has 1 fully saturated rings. The first-order valence-electron chi connectivity index (χ1n) is 6.60. The maximum Gasteiger partial charge on any atom is 0.128 e. The lowest BCUT2D eigenvalue weighted by Crippen LogP contribution is -2.28. The van der Waals surface area contributed by atoms with Gasteiger partial charge in [0.1, 0.15) is 11.7 Å². The fourth-order valence-corrected chi connectivity index (χ4v) is 2.34. The summed E-state index contributed by atoms with van der Waals surface area (Å²) in [6.45, 7) is 4.70. The van der Waals surface area contributed by atoms with Crippen LogP contribution in [0.3, 0.4) is 0 Å². The van der Waals surface area contributed by atoms with Crippen molar-refractivity contribution >= 4 is 5.84 Å². The maximum atomic E-state index is 14.0. The third kappa shape index (κ3) is 3.75. The van der Waals surface area contributed by atoms with Crippen molar-refractivity contribution in [1.82, 2.24) is 9.80 Å². The van der Waals surface area contributed by atoms with Gasteiger partial charge < -0.3 is 10.6 Å². The minimum absolute atomic E-state index is 0.0955. The molecule has 1 heterocycles. The van der Waals surface area contributed by atoms with Gasteiger partial charge in [0.2, 0.25) is 0 Å². The molecule has 1 aromatic carbocycles. The van der Waals surface area contributed by atoms with Crippen LogP contribution in [0.4, 0.5) is 4.39 Å². The lowest BCUT2D eigenvalue weighted by molar-refractivity contribution is 0.266. The monoisotopic (exact) mass is 264 g/mol. The van der Waals surface area contributed by atoms with Gasteiger partial charge in [-0.1, -0.05) is 12.1 Å². The third-order valence-corrected chi connectivity index (χ3v) is 3.57. The smallest absolute Gasteiger partial charge is 0.128 e. The second-order valence-electron chi connectivity index (χ2n) is 5.15. The van der Waals surface area contributed by atoms with E-state index in [9.17, 15) is 4.39 Å². The number of benzene rings is 1. The van der Waals surface area contributed by atoms with Crippen molar-refractivity contribution in [2.75, 3.05) is 33.2 Å². The second kappa shape index (κ2) is 6.12. The van der Waals surface area contributed by atoms with Gasteiger partial charge in [0.25, 0.3) is 0 Å². The van der Waals surface area contributed by atoms with Crippen molar-refractivity contribution in [1.29, 1.82) is 5.41 Å². The SMILES string of the molecule is CN1CCCN(Cc2ccc(C(=N)N)cc2F)CC1. The summed E-state index contributed by atoms with van der Waals surface area (Å²) in [4.78, 5) is 4.57. The first-order chi connectivity index (χ1) is 9.06. The molecule has 104 valence electrons. The number of nitrogens with one attached hydrogen (secondary N) is 1. The molecule has 5 heteroatoms. The zero-order chi connectivity index (χ0) is 13.8. The molecule has 2 rings (SSSR count). The molecular formula is C14H21FN4. The van der Waals surface area contributed by atoms with Gasteiger partial charge >= 0.3 is 0 Å². The number of rotatable bonds is 3. The van der Waals surface area contributed by atoms with Crippen LogP contribution >= 0.6 is 0 Å².